The number of nitrogens with one attached hydrogen (secondary N) is 2. The summed E-state index contributed by atoms with van der Waals surface area (Å²) in [4.78, 5) is 6.62. The van der Waals surface area contributed by atoms with E-state index in [-0.39, 0.29) is 5.82 Å². The van der Waals surface area contributed by atoms with Gasteiger partial charge in [-0.3, -0.25) is 0 Å². The fourth-order valence-corrected chi connectivity index (χ4v) is 3.06. The molecule has 0 saturated heterocycles. The molecule has 0 fully saturated rings. The Kier molecular flexibility index (Phi) is 10.3. The van der Waals surface area contributed by atoms with Crippen molar-refractivity contribution < 1.29 is 13.9 Å². The molecule has 0 aliphatic heterocycles. The second-order valence-corrected chi connectivity index (χ2v) is 7.66. The third kappa shape index (κ3) is 8.55. The lowest BCUT2D eigenvalue weighted by Crippen LogP contribution is -2.36. The van der Waals surface area contributed by atoms with Crippen LogP contribution in [0.1, 0.15) is 29.2 Å². The van der Waals surface area contributed by atoms with Crippen LogP contribution in [0.4, 0.5) is 4.39 Å². The highest BCUT2D eigenvalue weighted by molar-refractivity contribution is 5.79. The van der Waals surface area contributed by atoms with Gasteiger partial charge in [-0.05, 0) is 57.3 Å². The van der Waals surface area contributed by atoms with E-state index in [4.69, 9.17) is 9.47 Å². The van der Waals surface area contributed by atoms with Gasteiger partial charge in [0.05, 0.1) is 13.2 Å². The second kappa shape index (κ2) is 12.9. The van der Waals surface area contributed by atoms with Gasteiger partial charge in [-0.2, -0.15) is 0 Å². The minimum absolute atomic E-state index is 0.188. The number of rotatable bonds is 11. The summed E-state index contributed by atoms with van der Waals surface area (Å²) in [6, 6.07) is 11.3. The van der Waals surface area contributed by atoms with Gasteiger partial charge in [-0.25, -0.2) is 9.38 Å². The molecule has 0 radical (unpaired) electrons. The summed E-state index contributed by atoms with van der Waals surface area (Å²) in [6.45, 7) is 7.44. The van der Waals surface area contributed by atoms with E-state index in [0.717, 1.165) is 29.0 Å². The number of hydrogen-bond acceptors (Lipinski definition) is 4. The van der Waals surface area contributed by atoms with E-state index in [1.54, 1.807) is 13.2 Å². The highest BCUT2D eigenvalue weighted by Gasteiger charge is 2.08. The minimum Gasteiger partial charge on any atom is -0.491 e. The van der Waals surface area contributed by atoms with Gasteiger partial charge in [0.25, 0.3) is 0 Å². The summed E-state index contributed by atoms with van der Waals surface area (Å²) in [6.07, 6.45) is 0. The van der Waals surface area contributed by atoms with Crippen LogP contribution in [0.2, 0.25) is 0 Å². The lowest BCUT2D eigenvalue weighted by Gasteiger charge is -2.15. The van der Waals surface area contributed by atoms with Crippen LogP contribution in [0.15, 0.2) is 41.4 Å². The van der Waals surface area contributed by atoms with Crippen LogP contribution in [-0.4, -0.2) is 51.8 Å². The number of aliphatic imine (C=N–C) groups is 1. The third-order valence-electron chi connectivity index (χ3n) is 4.57. The fourth-order valence-electron chi connectivity index (χ4n) is 3.06. The zero-order chi connectivity index (χ0) is 22.6. The standard InChI is InChI=1S/C24H35FN4O2/c1-6-26-24(27-15-19-8-10-22(25)21(14-19)17-29(3)4)28-16-20-9-7-18(2)13-23(20)31-12-11-30-5/h7-10,13-14H,6,11-12,15-17H2,1-5H3,(H2,26,27,28). The van der Waals surface area contributed by atoms with Crippen molar-refractivity contribution in [3.05, 3.63) is 64.5 Å². The zero-order valence-corrected chi connectivity index (χ0v) is 19.3. The van der Waals surface area contributed by atoms with Crippen molar-refractivity contribution >= 4 is 5.96 Å². The Morgan fingerprint density at radius 1 is 1.06 bits per heavy atom. The highest BCUT2D eigenvalue weighted by atomic mass is 19.1. The SMILES string of the molecule is CCNC(=NCc1ccc(F)c(CN(C)C)c1)NCc1ccc(C)cc1OCCOC. The Bertz CT molecular complexity index is 855. The molecule has 0 aliphatic rings. The van der Waals surface area contributed by atoms with E-state index < -0.39 is 0 Å². The van der Waals surface area contributed by atoms with E-state index in [9.17, 15) is 4.39 Å². The summed E-state index contributed by atoms with van der Waals surface area (Å²) >= 11 is 0. The summed E-state index contributed by atoms with van der Waals surface area (Å²) < 4.78 is 25.0. The number of ether oxygens (including phenoxy) is 2. The van der Waals surface area contributed by atoms with Gasteiger partial charge in [0.1, 0.15) is 18.2 Å². The molecule has 2 N–H and O–H groups in total. The second-order valence-electron chi connectivity index (χ2n) is 7.66. The third-order valence-corrected chi connectivity index (χ3v) is 4.57. The molecule has 0 bridgehead atoms. The zero-order valence-electron chi connectivity index (χ0n) is 19.3. The maximum absolute atomic E-state index is 14.0. The first-order valence-corrected chi connectivity index (χ1v) is 10.6. The average molecular weight is 431 g/mol. The van der Waals surface area contributed by atoms with Gasteiger partial charge in [-0.1, -0.05) is 18.2 Å². The smallest absolute Gasteiger partial charge is 0.191 e. The quantitative estimate of drug-likeness (QED) is 0.325. The van der Waals surface area contributed by atoms with Crippen molar-refractivity contribution in [2.75, 3.05) is 41.0 Å². The predicted octanol–water partition coefficient (Wildman–Crippen LogP) is 3.48. The highest BCUT2D eigenvalue weighted by Crippen LogP contribution is 2.20. The van der Waals surface area contributed by atoms with Gasteiger partial charge >= 0.3 is 0 Å². The molecule has 2 aromatic rings. The van der Waals surface area contributed by atoms with Gasteiger partial charge in [0, 0.05) is 37.9 Å². The molecule has 170 valence electrons. The van der Waals surface area contributed by atoms with Crippen LogP contribution >= 0.6 is 0 Å². The summed E-state index contributed by atoms with van der Waals surface area (Å²) in [5, 5.41) is 6.62. The van der Waals surface area contributed by atoms with Crippen LogP contribution in [0.25, 0.3) is 0 Å². The first-order valence-electron chi connectivity index (χ1n) is 10.6. The topological polar surface area (TPSA) is 58.1 Å². The van der Waals surface area contributed by atoms with Crippen LogP contribution < -0.4 is 15.4 Å². The van der Waals surface area contributed by atoms with Crippen molar-refractivity contribution in [3.8, 4) is 5.75 Å². The van der Waals surface area contributed by atoms with Crippen molar-refractivity contribution in [1.82, 2.24) is 15.5 Å². The molecule has 0 aliphatic carbocycles. The molecule has 0 unspecified atom stereocenters. The van der Waals surface area contributed by atoms with Crippen molar-refractivity contribution in [2.24, 2.45) is 4.99 Å². The molecule has 2 rings (SSSR count). The van der Waals surface area contributed by atoms with E-state index in [0.29, 0.717) is 44.4 Å². The number of halogens is 1. The summed E-state index contributed by atoms with van der Waals surface area (Å²) in [5.41, 5.74) is 3.83. The summed E-state index contributed by atoms with van der Waals surface area (Å²) in [7, 11) is 5.51. The molecular formula is C24H35FN4O2. The minimum atomic E-state index is -0.188. The van der Waals surface area contributed by atoms with Crippen LogP contribution in [0.3, 0.4) is 0 Å². The van der Waals surface area contributed by atoms with Crippen molar-refractivity contribution in [2.45, 2.75) is 33.5 Å². The number of guanidine groups is 1. The maximum atomic E-state index is 14.0. The van der Waals surface area contributed by atoms with Gasteiger partial charge < -0.3 is 25.0 Å². The first-order chi connectivity index (χ1) is 14.9. The number of methoxy groups -OCH3 is 1. The Morgan fingerprint density at radius 3 is 2.58 bits per heavy atom. The Labute approximate surface area is 185 Å². The largest absolute Gasteiger partial charge is 0.491 e. The van der Waals surface area contributed by atoms with E-state index in [2.05, 4.69) is 27.8 Å². The summed E-state index contributed by atoms with van der Waals surface area (Å²) in [5.74, 6) is 1.35. The van der Waals surface area contributed by atoms with Crippen molar-refractivity contribution in [3.63, 3.8) is 0 Å². The molecule has 0 atom stereocenters. The molecule has 31 heavy (non-hydrogen) atoms. The molecule has 0 heterocycles. The van der Waals surface area contributed by atoms with E-state index in [1.807, 2.05) is 45.0 Å². The number of aryl methyl sites for hydroxylation is 1. The molecule has 7 heteroatoms. The molecule has 0 spiro atoms. The Hall–Kier alpha value is -2.64. The predicted molar refractivity (Wildman–Crippen MR) is 124 cm³/mol. The number of nitrogens with zero attached hydrogens (tertiary/aromatic N) is 2. The van der Waals surface area contributed by atoms with Crippen LogP contribution in [0.5, 0.6) is 5.75 Å². The molecule has 6 nitrogen and oxygen atoms in total. The lowest BCUT2D eigenvalue weighted by molar-refractivity contribution is 0.145. The van der Waals surface area contributed by atoms with Gasteiger partial charge in [0.15, 0.2) is 5.96 Å². The molecule has 2 aromatic carbocycles. The van der Waals surface area contributed by atoms with Crippen LogP contribution in [0, 0.1) is 12.7 Å². The Balaban J connectivity index is 2.07. The average Bonchev–Trinajstić information content (AvgIpc) is 2.73. The van der Waals surface area contributed by atoms with Gasteiger partial charge in [0.2, 0.25) is 0 Å². The monoisotopic (exact) mass is 430 g/mol. The molecular weight excluding hydrogens is 395 g/mol. The van der Waals surface area contributed by atoms with Gasteiger partial charge in [-0.15, -0.1) is 0 Å². The first kappa shape index (κ1) is 24.6. The lowest BCUT2D eigenvalue weighted by atomic mass is 10.1. The van der Waals surface area contributed by atoms with E-state index in [1.165, 1.54) is 6.07 Å². The number of hydrogen-bond donors (Lipinski definition) is 2. The molecule has 0 amide bonds. The fraction of sp³-hybridized carbons (Fsp3) is 0.458. The Morgan fingerprint density at radius 2 is 1.87 bits per heavy atom. The maximum Gasteiger partial charge on any atom is 0.191 e. The van der Waals surface area contributed by atoms with Crippen LogP contribution in [-0.2, 0) is 24.4 Å². The normalized spacial score (nSPS) is 11.6. The molecule has 0 aromatic heterocycles. The van der Waals surface area contributed by atoms with E-state index >= 15 is 0 Å². The molecule has 0 saturated carbocycles. The van der Waals surface area contributed by atoms with Crippen molar-refractivity contribution in [1.29, 1.82) is 0 Å². The number of benzene rings is 2.